The normalized spacial score (nSPS) is 11.0. The smallest absolute Gasteiger partial charge is 0.344 e. The van der Waals surface area contributed by atoms with Crippen LogP contribution in [0.2, 0.25) is 0 Å². The van der Waals surface area contributed by atoms with Crippen LogP contribution in [0.4, 0.5) is 5.69 Å². The molecule has 3 heteroatoms. The number of nitrogens with two attached hydrogens (primary N) is 1. The van der Waals surface area contributed by atoms with Gasteiger partial charge >= 0.3 is 5.63 Å². The van der Waals surface area contributed by atoms with E-state index in [1.54, 1.807) is 24.3 Å². The van der Waals surface area contributed by atoms with Gasteiger partial charge in [0.25, 0.3) is 0 Å². The molecule has 0 saturated carbocycles. The maximum absolute atomic E-state index is 11.7. The molecule has 0 spiro atoms. The summed E-state index contributed by atoms with van der Waals surface area (Å²) in [6.07, 6.45) is 0. The van der Waals surface area contributed by atoms with Crippen LogP contribution in [0.25, 0.3) is 21.7 Å². The van der Waals surface area contributed by atoms with E-state index in [9.17, 15) is 4.79 Å². The van der Waals surface area contributed by atoms with E-state index in [-0.39, 0.29) is 5.63 Å². The van der Waals surface area contributed by atoms with Gasteiger partial charge in [0.05, 0.1) is 5.39 Å². The van der Waals surface area contributed by atoms with Crippen LogP contribution in [0.5, 0.6) is 0 Å². The summed E-state index contributed by atoms with van der Waals surface area (Å²) in [6, 6.07) is 12.6. The van der Waals surface area contributed by atoms with E-state index in [2.05, 4.69) is 0 Å². The van der Waals surface area contributed by atoms with Crippen molar-refractivity contribution in [2.24, 2.45) is 0 Å². The van der Waals surface area contributed by atoms with Crippen molar-refractivity contribution in [3.05, 3.63) is 52.9 Å². The molecule has 0 atom stereocenters. The van der Waals surface area contributed by atoms with Crippen molar-refractivity contribution in [3.63, 3.8) is 0 Å². The van der Waals surface area contributed by atoms with Crippen molar-refractivity contribution in [1.29, 1.82) is 0 Å². The molecule has 0 saturated heterocycles. The molecular formula is C13H9NO2. The quantitative estimate of drug-likeness (QED) is 0.353. The molecule has 0 bridgehead atoms. The number of rotatable bonds is 0. The summed E-state index contributed by atoms with van der Waals surface area (Å²) in [6.45, 7) is 0. The van der Waals surface area contributed by atoms with E-state index in [1.807, 2.05) is 18.2 Å². The molecule has 0 aliphatic carbocycles. The van der Waals surface area contributed by atoms with E-state index in [1.165, 1.54) is 0 Å². The summed E-state index contributed by atoms with van der Waals surface area (Å²) >= 11 is 0. The fourth-order valence-corrected chi connectivity index (χ4v) is 1.96. The number of benzene rings is 2. The Balaban J connectivity index is 2.72. The van der Waals surface area contributed by atoms with Crippen LogP contribution >= 0.6 is 0 Å². The van der Waals surface area contributed by atoms with Gasteiger partial charge in [0.15, 0.2) is 0 Å². The predicted molar refractivity (Wildman–Crippen MR) is 64.4 cm³/mol. The van der Waals surface area contributed by atoms with Gasteiger partial charge in [0.1, 0.15) is 5.58 Å². The summed E-state index contributed by atoms with van der Waals surface area (Å²) in [5.74, 6) is 0. The van der Waals surface area contributed by atoms with Crippen LogP contribution < -0.4 is 11.4 Å². The van der Waals surface area contributed by atoms with Crippen molar-refractivity contribution in [1.82, 2.24) is 0 Å². The van der Waals surface area contributed by atoms with Gasteiger partial charge in [-0.05, 0) is 18.2 Å². The Kier molecular flexibility index (Phi) is 1.74. The van der Waals surface area contributed by atoms with E-state index in [4.69, 9.17) is 10.2 Å². The molecule has 0 unspecified atom stereocenters. The van der Waals surface area contributed by atoms with Crippen LogP contribution in [0.15, 0.2) is 51.7 Å². The molecule has 2 N–H and O–H groups in total. The molecule has 0 amide bonds. The third kappa shape index (κ3) is 1.11. The van der Waals surface area contributed by atoms with Crippen molar-refractivity contribution in [2.75, 3.05) is 5.73 Å². The lowest BCUT2D eigenvalue weighted by atomic mass is 10.1. The average molecular weight is 211 g/mol. The van der Waals surface area contributed by atoms with Crippen LogP contribution in [-0.4, -0.2) is 0 Å². The van der Waals surface area contributed by atoms with Crippen LogP contribution in [0, 0.1) is 0 Å². The third-order valence-corrected chi connectivity index (χ3v) is 2.68. The Morgan fingerprint density at radius 1 is 0.938 bits per heavy atom. The maximum Gasteiger partial charge on any atom is 0.344 e. The molecule has 3 aromatic rings. The number of anilines is 1. The van der Waals surface area contributed by atoms with Crippen molar-refractivity contribution in [3.8, 4) is 0 Å². The van der Waals surface area contributed by atoms with Gasteiger partial charge < -0.3 is 10.2 Å². The molecule has 2 aromatic carbocycles. The summed E-state index contributed by atoms with van der Waals surface area (Å²) in [5, 5.41) is 2.21. The van der Waals surface area contributed by atoms with E-state index >= 15 is 0 Å². The standard InChI is InChI=1S/C13H9NO2/c14-10-6-3-7-11-12(10)8-4-1-2-5-9(8)13(15)16-11/h1-7H,14H2. The summed E-state index contributed by atoms with van der Waals surface area (Å²) in [7, 11) is 0. The second-order valence-electron chi connectivity index (χ2n) is 3.66. The van der Waals surface area contributed by atoms with Gasteiger partial charge in [-0.1, -0.05) is 24.3 Å². The van der Waals surface area contributed by atoms with E-state index in [0.29, 0.717) is 16.7 Å². The zero-order chi connectivity index (χ0) is 11.1. The van der Waals surface area contributed by atoms with Gasteiger partial charge in [-0.2, -0.15) is 0 Å². The Hall–Kier alpha value is -2.29. The zero-order valence-corrected chi connectivity index (χ0v) is 8.44. The topological polar surface area (TPSA) is 56.2 Å². The minimum absolute atomic E-state index is 0.325. The van der Waals surface area contributed by atoms with E-state index < -0.39 is 0 Å². The number of nitrogen functional groups attached to an aromatic ring is 1. The Morgan fingerprint density at radius 3 is 2.50 bits per heavy atom. The first-order chi connectivity index (χ1) is 7.77. The first kappa shape index (κ1) is 8.97. The molecule has 0 aliphatic heterocycles. The SMILES string of the molecule is Nc1cccc2oc(=O)c3ccccc3c12. The second kappa shape index (κ2) is 3.10. The molecule has 0 radical (unpaired) electrons. The lowest BCUT2D eigenvalue weighted by Crippen LogP contribution is -2.00. The molecule has 0 fully saturated rings. The van der Waals surface area contributed by atoms with Crippen molar-refractivity contribution < 1.29 is 4.42 Å². The largest absolute Gasteiger partial charge is 0.422 e. The second-order valence-corrected chi connectivity index (χ2v) is 3.66. The van der Waals surface area contributed by atoms with Crippen molar-refractivity contribution >= 4 is 27.4 Å². The van der Waals surface area contributed by atoms with Crippen LogP contribution in [0.3, 0.4) is 0 Å². The van der Waals surface area contributed by atoms with Gasteiger partial charge in [-0.3, -0.25) is 0 Å². The monoisotopic (exact) mass is 211 g/mol. The van der Waals surface area contributed by atoms with Gasteiger partial charge in [-0.25, -0.2) is 4.79 Å². The first-order valence-corrected chi connectivity index (χ1v) is 4.97. The Bertz CT molecular complexity index is 744. The number of hydrogen-bond donors (Lipinski definition) is 1. The van der Waals surface area contributed by atoms with E-state index in [0.717, 1.165) is 10.8 Å². The third-order valence-electron chi connectivity index (χ3n) is 2.68. The highest BCUT2D eigenvalue weighted by atomic mass is 16.4. The Labute approximate surface area is 91.1 Å². The fourth-order valence-electron chi connectivity index (χ4n) is 1.96. The molecule has 3 nitrogen and oxygen atoms in total. The summed E-state index contributed by atoms with van der Waals surface area (Å²) in [5.41, 5.74) is 6.74. The average Bonchev–Trinajstić information content (AvgIpc) is 2.29. The van der Waals surface area contributed by atoms with Crippen LogP contribution in [0.1, 0.15) is 0 Å². The van der Waals surface area contributed by atoms with Crippen LogP contribution in [-0.2, 0) is 0 Å². The number of fused-ring (bicyclic) bond motifs is 3. The molecule has 1 heterocycles. The molecule has 3 rings (SSSR count). The summed E-state index contributed by atoms with van der Waals surface area (Å²) in [4.78, 5) is 11.7. The molecule has 16 heavy (non-hydrogen) atoms. The minimum Gasteiger partial charge on any atom is -0.422 e. The number of hydrogen-bond acceptors (Lipinski definition) is 3. The lowest BCUT2D eigenvalue weighted by molar-refractivity contribution is 0.570. The molecule has 1 aromatic heterocycles. The Morgan fingerprint density at radius 2 is 1.69 bits per heavy atom. The molecular weight excluding hydrogens is 202 g/mol. The fraction of sp³-hybridized carbons (Fsp3) is 0. The zero-order valence-electron chi connectivity index (χ0n) is 8.44. The van der Waals surface area contributed by atoms with Gasteiger partial charge in [0.2, 0.25) is 0 Å². The van der Waals surface area contributed by atoms with Gasteiger partial charge in [-0.15, -0.1) is 0 Å². The van der Waals surface area contributed by atoms with Crippen molar-refractivity contribution in [2.45, 2.75) is 0 Å². The summed E-state index contributed by atoms with van der Waals surface area (Å²) < 4.78 is 5.22. The highest BCUT2D eigenvalue weighted by Crippen LogP contribution is 2.27. The highest BCUT2D eigenvalue weighted by molar-refractivity contribution is 6.09. The molecule has 78 valence electrons. The first-order valence-electron chi connectivity index (χ1n) is 4.97. The maximum atomic E-state index is 11.7. The molecule has 0 aliphatic rings. The highest BCUT2D eigenvalue weighted by Gasteiger charge is 2.08. The minimum atomic E-state index is -0.325. The lowest BCUT2D eigenvalue weighted by Gasteiger charge is -2.04. The predicted octanol–water partition coefficient (Wildman–Crippen LogP) is 2.53. The van der Waals surface area contributed by atoms with Gasteiger partial charge in [0, 0.05) is 16.5 Å².